The van der Waals surface area contributed by atoms with Crippen LogP contribution in [-0.2, 0) is 4.79 Å². The second-order valence-corrected chi connectivity index (χ2v) is 6.43. The zero-order valence-electron chi connectivity index (χ0n) is 14.9. The first-order valence-corrected chi connectivity index (χ1v) is 8.54. The van der Waals surface area contributed by atoms with Crippen molar-refractivity contribution in [1.29, 1.82) is 5.26 Å². The summed E-state index contributed by atoms with van der Waals surface area (Å²) in [5.41, 5.74) is 2.52. The van der Waals surface area contributed by atoms with Gasteiger partial charge in [-0.05, 0) is 30.5 Å². The molecule has 2 aromatic rings. The lowest BCUT2D eigenvalue weighted by atomic mass is 9.85. The number of hydrogen-bond acceptors (Lipinski definition) is 7. The number of phenols is 1. The Morgan fingerprint density at radius 1 is 1.30 bits per heavy atom. The van der Waals surface area contributed by atoms with Crippen molar-refractivity contribution >= 4 is 11.6 Å². The third-order valence-electron chi connectivity index (χ3n) is 4.98. The van der Waals surface area contributed by atoms with Crippen LogP contribution in [0.2, 0.25) is 0 Å². The van der Waals surface area contributed by atoms with E-state index in [0.29, 0.717) is 28.9 Å². The van der Waals surface area contributed by atoms with E-state index in [1.54, 1.807) is 16.8 Å². The van der Waals surface area contributed by atoms with Crippen molar-refractivity contribution < 1.29 is 19.4 Å². The highest BCUT2D eigenvalue weighted by Gasteiger charge is 2.37. The van der Waals surface area contributed by atoms with E-state index in [-0.39, 0.29) is 23.0 Å². The lowest BCUT2D eigenvalue weighted by Crippen LogP contribution is -2.31. The molecule has 27 heavy (non-hydrogen) atoms. The largest absolute Gasteiger partial charge is 0.502 e. The highest BCUT2D eigenvalue weighted by Crippen LogP contribution is 2.45. The van der Waals surface area contributed by atoms with Gasteiger partial charge in [-0.3, -0.25) is 4.79 Å². The number of rotatable bonds is 3. The third kappa shape index (κ3) is 2.51. The van der Waals surface area contributed by atoms with Gasteiger partial charge in [0.1, 0.15) is 23.5 Å². The van der Waals surface area contributed by atoms with Crippen molar-refractivity contribution in [2.24, 2.45) is 0 Å². The second kappa shape index (κ2) is 6.36. The predicted molar refractivity (Wildman–Crippen MR) is 95.8 cm³/mol. The monoisotopic (exact) mass is 366 g/mol. The fourth-order valence-electron chi connectivity index (χ4n) is 3.72. The average Bonchev–Trinajstić information content (AvgIpc) is 3.09. The molecule has 1 aliphatic carbocycles. The summed E-state index contributed by atoms with van der Waals surface area (Å²) < 4.78 is 12.2. The SMILES string of the molecule is COc1cc([C@H]2C3=C(CCCC3=O)Nc3c(C#N)cnn32)cc(OC)c1O. The number of aromatic nitrogens is 2. The molecule has 8 heteroatoms. The number of ketones is 1. The maximum absolute atomic E-state index is 12.8. The van der Waals surface area contributed by atoms with Gasteiger partial charge in [0.05, 0.1) is 20.4 Å². The molecule has 1 aromatic carbocycles. The number of carbonyl (C=O) groups is 1. The van der Waals surface area contributed by atoms with Crippen LogP contribution in [0.3, 0.4) is 0 Å². The van der Waals surface area contributed by atoms with Crippen LogP contribution in [0.15, 0.2) is 29.6 Å². The first-order valence-electron chi connectivity index (χ1n) is 8.54. The topological polar surface area (TPSA) is 109 Å². The molecule has 0 fully saturated rings. The summed E-state index contributed by atoms with van der Waals surface area (Å²) >= 11 is 0. The number of nitrogens with one attached hydrogen (secondary N) is 1. The van der Waals surface area contributed by atoms with Crippen molar-refractivity contribution in [3.8, 4) is 23.3 Å². The highest BCUT2D eigenvalue weighted by atomic mass is 16.5. The van der Waals surface area contributed by atoms with Crippen molar-refractivity contribution in [1.82, 2.24) is 9.78 Å². The molecule has 0 bridgehead atoms. The van der Waals surface area contributed by atoms with E-state index >= 15 is 0 Å². The van der Waals surface area contributed by atoms with E-state index in [1.165, 1.54) is 20.4 Å². The van der Waals surface area contributed by atoms with Gasteiger partial charge in [0, 0.05) is 17.7 Å². The summed E-state index contributed by atoms with van der Waals surface area (Å²) in [5, 5.41) is 27.2. The Kier molecular flexibility index (Phi) is 4.00. The molecule has 0 unspecified atom stereocenters. The number of nitriles is 1. The Labute approximate surface area is 155 Å². The molecular formula is C19H18N4O4. The molecule has 2 heterocycles. The molecule has 0 amide bonds. The Hall–Kier alpha value is -3.47. The number of nitrogens with zero attached hydrogens (tertiary/aromatic N) is 3. The van der Waals surface area contributed by atoms with Gasteiger partial charge in [0.25, 0.3) is 0 Å². The Morgan fingerprint density at radius 2 is 2.00 bits per heavy atom. The van der Waals surface area contributed by atoms with E-state index in [9.17, 15) is 15.2 Å². The summed E-state index contributed by atoms with van der Waals surface area (Å²) in [5.74, 6) is 0.964. The average molecular weight is 366 g/mol. The van der Waals surface area contributed by atoms with Crippen LogP contribution < -0.4 is 14.8 Å². The van der Waals surface area contributed by atoms with Crippen LogP contribution >= 0.6 is 0 Å². The number of allylic oxidation sites excluding steroid dienone is 2. The quantitative estimate of drug-likeness (QED) is 0.859. The summed E-state index contributed by atoms with van der Waals surface area (Å²) in [6, 6.07) is 4.92. The minimum absolute atomic E-state index is 0.0411. The fraction of sp³-hybridized carbons (Fsp3) is 0.316. The minimum Gasteiger partial charge on any atom is -0.502 e. The normalized spacial score (nSPS) is 18.3. The van der Waals surface area contributed by atoms with Crippen molar-refractivity contribution in [2.75, 3.05) is 19.5 Å². The Morgan fingerprint density at radius 3 is 2.63 bits per heavy atom. The smallest absolute Gasteiger partial charge is 0.200 e. The molecule has 1 atom stereocenters. The number of ether oxygens (including phenoxy) is 2. The van der Waals surface area contributed by atoms with Gasteiger partial charge in [-0.1, -0.05) is 0 Å². The number of phenolic OH excluding ortho intramolecular Hbond substituents is 1. The Balaban J connectivity index is 1.97. The van der Waals surface area contributed by atoms with E-state index in [0.717, 1.165) is 18.5 Å². The lowest BCUT2D eigenvalue weighted by Gasteiger charge is -2.33. The molecule has 2 N–H and O–H groups in total. The number of benzene rings is 1. The molecule has 2 aliphatic rings. The number of fused-ring (bicyclic) bond motifs is 1. The summed E-state index contributed by atoms with van der Waals surface area (Å²) in [7, 11) is 2.90. The predicted octanol–water partition coefficient (Wildman–Crippen LogP) is 2.50. The van der Waals surface area contributed by atoms with Gasteiger partial charge < -0.3 is 19.9 Å². The number of methoxy groups -OCH3 is 2. The maximum atomic E-state index is 12.8. The van der Waals surface area contributed by atoms with Gasteiger partial charge in [0.2, 0.25) is 5.75 Å². The molecule has 1 aromatic heterocycles. The first-order chi connectivity index (χ1) is 13.1. The number of carbonyl (C=O) groups excluding carboxylic acids is 1. The number of hydrogen-bond donors (Lipinski definition) is 2. The second-order valence-electron chi connectivity index (χ2n) is 6.43. The molecule has 0 radical (unpaired) electrons. The molecule has 0 spiro atoms. The fourth-order valence-corrected chi connectivity index (χ4v) is 3.72. The van der Waals surface area contributed by atoms with Gasteiger partial charge in [-0.15, -0.1) is 0 Å². The van der Waals surface area contributed by atoms with E-state index in [2.05, 4.69) is 16.5 Å². The van der Waals surface area contributed by atoms with Crippen LogP contribution in [0.1, 0.15) is 36.4 Å². The molecule has 0 saturated heterocycles. The molecule has 0 saturated carbocycles. The van der Waals surface area contributed by atoms with E-state index in [1.807, 2.05) is 0 Å². The van der Waals surface area contributed by atoms with Crippen molar-refractivity contribution in [3.05, 3.63) is 40.7 Å². The van der Waals surface area contributed by atoms with Gasteiger partial charge in [-0.2, -0.15) is 10.4 Å². The number of Topliss-reactive ketones (excluding diaryl/α,β-unsaturated/α-hetero) is 1. The number of aromatic hydroxyl groups is 1. The van der Waals surface area contributed by atoms with Crippen LogP contribution in [0.5, 0.6) is 17.2 Å². The third-order valence-corrected chi connectivity index (χ3v) is 4.98. The first kappa shape index (κ1) is 17.0. The molecule has 4 rings (SSSR count). The van der Waals surface area contributed by atoms with Crippen LogP contribution in [0.4, 0.5) is 5.82 Å². The van der Waals surface area contributed by atoms with Gasteiger partial charge in [-0.25, -0.2) is 4.68 Å². The maximum Gasteiger partial charge on any atom is 0.200 e. The van der Waals surface area contributed by atoms with Crippen LogP contribution in [0, 0.1) is 11.3 Å². The van der Waals surface area contributed by atoms with E-state index < -0.39 is 6.04 Å². The zero-order valence-corrected chi connectivity index (χ0v) is 14.9. The summed E-state index contributed by atoms with van der Waals surface area (Å²) in [4.78, 5) is 12.8. The highest BCUT2D eigenvalue weighted by molar-refractivity contribution is 5.99. The van der Waals surface area contributed by atoms with Crippen molar-refractivity contribution in [2.45, 2.75) is 25.3 Å². The van der Waals surface area contributed by atoms with E-state index in [4.69, 9.17) is 9.47 Å². The van der Waals surface area contributed by atoms with Crippen LogP contribution in [-0.4, -0.2) is 34.9 Å². The molecule has 138 valence electrons. The summed E-state index contributed by atoms with van der Waals surface area (Å²) in [6.45, 7) is 0. The van der Waals surface area contributed by atoms with Gasteiger partial charge in [0.15, 0.2) is 17.3 Å². The minimum atomic E-state index is -0.533. The lowest BCUT2D eigenvalue weighted by molar-refractivity contribution is -0.116. The zero-order chi connectivity index (χ0) is 19.1. The molecule has 8 nitrogen and oxygen atoms in total. The van der Waals surface area contributed by atoms with Crippen molar-refractivity contribution in [3.63, 3.8) is 0 Å². The standard InChI is InChI=1S/C19H18N4O4/c1-26-14-6-10(7-15(27-2)18(14)25)17-16-12(4-3-5-13(16)24)22-19-11(8-20)9-21-23(17)19/h6-7,9,17,22,25H,3-5H2,1-2H3/t17-/m0/s1. The number of anilines is 1. The van der Waals surface area contributed by atoms with Crippen LogP contribution in [0.25, 0.3) is 0 Å². The Bertz CT molecular complexity index is 990. The molecular weight excluding hydrogens is 348 g/mol. The summed E-state index contributed by atoms with van der Waals surface area (Å²) in [6.07, 6.45) is 3.42. The van der Waals surface area contributed by atoms with Gasteiger partial charge >= 0.3 is 0 Å². The molecule has 1 aliphatic heterocycles.